The van der Waals surface area contributed by atoms with Gasteiger partial charge in [-0.2, -0.15) is 4.31 Å². The SMILES string of the molecule is Cc1cc(Br)oc1C(=O)NCC1CCN(S(=O)(=O)c2ccccc2)CC1. The van der Waals surface area contributed by atoms with Gasteiger partial charge in [-0.05, 0) is 59.8 Å². The van der Waals surface area contributed by atoms with Crippen LogP contribution in [0.5, 0.6) is 0 Å². The number of nitrogens with one attached hydrogen (secondary N) is 1. The van der Waals surface area contributed by atoms with Gasteiger partial charge in [0, 0.05) is 25.2 Å². The second-order valence-electron chi connectivity index (χ2n) is 6.43. The molecule has 0 radical (unpaired) electrons. The summed E-state index contributed by atoms with van der Waals surface area (Å²) >= 11 is 3.21. The Morgan fingerprint density at radius 3 is 2.50 bits per heavy atom. The number of halogens is 1. The molecule has 1 aromatic carbocycles. The summed E-state index contributed by atoms with van der Waals surface area (Å²) < 4.78 is 32.6. The number of sulfonamides is 1. The summed E-state index contributed by atoms with van der Waals surface area (Å²) in [4.78, 5) is 12.5. The zero-order valence-electron chi connectivity index (χ0n) is 14.4. The number of carbonyl (C=O) groups excluding carboxylic acids is 1. The fourth-order valence-corrected chi connectivity index (χ4v) is 5.08. The summed E-state index contributed by atoms with van der Waals surface area (Å²) in [6, 6.07) is 10.2. The van der Waals surface area contributed by atoms with E-state index < -0.39 is 10.0 Å². The number of nitrogens with zero attached hydrogens (tertiary/aromatic N) is 1. The number of piperidine rings is 1. The van der Waals surface area contributed by atoms with E-state index in [1.165, 1.54) is 4.31 Å². The van der Waals surface area contributed by atoms with Gasteiger partial charge in [0.2, 0.25) is 10.0 Å². The first-order chi connectivity index (χ1) is 12.4. The fourth-order valence-electron chi connectivity index (χ4n) is 3.08. The summed E-state index contributed by atoms with van der Waals surface area (Å²) in [5.74, 6) is 0.313. The van der Waals surface area contributed by atoms with Crippen LogP contribution in [-0.4, -0.2) is 38.3 Å². The molecule has 26 heavy (non-hydrogen) atoms. The normalized spacial score (nSPS) is 16.5. The standard InChI is InChI=1S/C18H21BrN2O4S/c1-13-11-16(19)25-17(13)18(22)20-12-14-7-9-21(10-8-14)26(23,24)15-5-3-2-4-6-15/h2-6,11,14H,7-10,12H2,1H3,(H,20,22). The molecule has 0 atom stereocenters. The van der Waals surface area contributed by atoms with Crippen LogP contribution in [0.25, 0.3) is 0 Å². The lowest BCUT2D eigenvalue weighted by atomic mass is 9.98. The minimum atomic E-state index is -3.44. The third kappa shape index (κ3) is 4.19. The molecule has 6 nitrogen and oxygen atoms in total. The third-order valence-electron chi connectivity index (χ3n) is 4.60. The highest BCUT2D eigenvalue weighted by Crippen LogP contribution is 2.24. The van der Waals surface area contributed by atoms with Gasteiger partial charge in [0.1, 0.15) is 0 Å². The molecule has 1 saturated heterocycles. The number of aryl methyl sites for hydroxylation is 1. The van der Waals surface area contributed by atoms with Crippen LogP contribution in [0.4, 0.5) is 0 Å². The molecule has 1 N–H and O–H groups in total. The van der Waals surface area contributed by atoms with Crippen molar-refractivity contribution in [1.82, 2.24) is 9.62 Å². The maximum Gasteiger partial charge on any atom is 0.287 e. The minimum absolute atomic E-state index is 0.243. The largest absolute Gasteiger partial charge is 0.444 e. The van der Waals surface area contributed by atoms with Gasteiger partial charge in [-0.15, -0.1) is 0 Å². The molecule has 0 spiro atoms. The molecular formula is C18H21BrN2O4S. The van der Waals surface area contributed by atoms with Crippen LogP contribution >= 0.6 is 15.9 Å². The Hall–Kier alpha value is -1.64. The molecule has 1 aromatic heterocycles. The maximum absolute atomic E-state index is 12.6. The van der Waals surface area contributed by atoms with Gasteiger partial charge < -0.3 is 9.73 Å². The zero-order chi connectivity index (χ0) is 18.7. The molecule has 0 aliphatic carbocycles. The Bertz CT molecular complexity index is 872. The highest BCUT2D eigenvalue weighted by molar-refractivity contribution is 9.10. The summed E-state index contributed by atoms with van der Waals surface area (Å²) in [7, 11) is -3.44. The lowest BCUT2D eigenvalue weighted by Gasteiger charge is -2.31. The summed E-state index contributed by atoms with van der Waals surface area (Å²) in [6.07, 6.45) is 1.43. The average molecular weight is 441 g/mol. The van der Waals surface area contributed by atoms with Gasteiger partial charge in [0.15, 0.2) is 10.4 Å². The molecule has 0 unspecified atom stereocenters. The lowest BCUT2D eigenvalue weighted by molar-refractivity contribution is 0.0911. The van der Waals surface area contributed by atoms with E-state index in [0.29, 0.717) is 47.8 Å². The van der Waals surface area contributed by atoms with E-state index in [0.717, 1.165) is 5.56 Å². The minimum Gasteiger partial charge on any atom is -0.444 e. The fraction of sp³-hybridized carbons (Fsp3) is 0.389. The first kappa shape index (κ1) is 19.1. The lowest BCUT2D eigenvalue weighted by Crippen LogP contribution is -2.41. The van der Waals surface area contributed by atoms with Crippen molar-refractivity contribution in [1.29, 1.82) is 0 Å². The van der Waals surface area contributed by atoms with Gasteiger partial charge in [-0.1, -0.05) is 18.2 Å². The highest BCUT2D eigenvalue weighted by Gasteiger charge is 2.29. The monoisotopic (exact) mass is 440 g/mol. The molecular weight excluding hydrogens is 420 g/mol. The van der Waals surface area contributed by atoms with Crippen molar-refractivity contribution in [3.63, 3.8) is 0 Å². The molecule has 2 aromatic rings. The van der Waals surface area contributed by atoms with Gasteiger partial charge in [-0.3, -0.25) is 4.79 Å². The number of rotatable bonds is 5. The molecule has 1 amide bonds. The van der Waals surface area contributed by atoms with Crippen molar-refractivity contribution in [2.75, 3.05) is 19.6 Å². The first-order valence-corrected chi connectivity index (χ1v) is 10.7. The molecule has 3 rings (SSSR count). The quantitative estimate of drug-likeness (QED) is 0.773. The van der Waals surface area contributed by atoms with Gasteiger partial charge in [0.05, 0.1) is 4.90 Å². The Kier molecular flexibility index (Phi) is 5.84. The van der Waals surface area contributed by atoms with Gasteiger partial charge >= 0.3 is 0 Å². The molecule has 1 aliphatic heterocycles. The van der Waals surface area contributed by atoms with Crippen molar-refractivity contribution >= 4 is 31.9 Å². The topological polar surface area (TPSA) is 79.6 Å². The van der Waals surface area contributed by atoms with Crippen LogP contribution in [0.3, 0.4) is 0 Å². The van der Waals surface area contributed by atoms with Gasteiger partial charge in [-0.25, -0.2) is 8.42 Å². The summed E-state index contributed by atoms with van der Waals surface area (Å²) in [6.45, 7) is 3.25. The van der Waals surface area contributed by atoms with E-state index in [1.54, 1.807) is 36.4 Å². The number of amides is 1. The van der Waals surface area contributed by atoms with E-state index in [-0.39, 0.29) is 11.8 Å². The van der Waals surface area contributed by atoms with Crippen LogP contribution < -0.4 is 5.32 Å². The van der Waals surface area contributed by atoms with Crippen LogP contribution in [0.1, 0.15) is 29.0 Å². The molecule has 2 heterocycles. The van der Waals surface area contributed by atoms with E-state index in [9.17, 15) is 13.2 Å². The second-order valence-corrected chi connectivity index (χ2v) is 9.15. The van der Waals surface area contributed by atoms with Crippen LogP contribution in [0.15, 0.2) is 50.4 Å². The Morgan fingerprint density at radius 2 is 1.92 bits per heavy atom. The predicted molar refractivity (Wildman–Crippen MR) is 101 cm³/mol. The molecule has 0 saturated carbocycles. The molecule has 1 fully saturated rings. The number of hydrogen-bond donors (Lipinski definition) is 1. The van der Waals surface area contributed by atoms with E-state index in [1.807, 2.05) is 6.92 Å². The van der Waals surface area contributed by atoms with Crippen molar-refractivity contribution in [3.05, 3.63) is 52.4 Å². The predicted octanol–water partition coefficient (Wildman–Crippen LogP) is 3.18. The van der Waals surface area contributed by atoms with E-state index in [4.69, 9.17) is 4.42 Å². The molecule has 1 aliphatic rings. The van der Waals surface area contributed by atoms with E-state index in [2.05, 4.69) is 21.2 Å². The molecule has 8 heteroatoms. The van der Waals surface area contributed by atoms with Crippen LogP contribution in [-0.2, 0) is 10.0 Å². The van der Waals surface area contributed by atoms with E-state index >= 15 is 0 Å². The Labute approximate surface area is 161 Å². The second kappa shape index (κ2) is 7.94. The molecule has 140 valence electrons. The van der Waals surface area contributed by atoms with Gasteiger partial charge in [0.25, 0.3) is 5.91 Å². The maximum atomic E-state index is 12.6. The number of furan rings is 1. The van der Waals surface area contributed by atoms with Crippen molar-refractivity contribution in [3.8, 4) is 0 Å². The van der Waals surface area contributed by atoms with Crippen molar-refractivity contribution < 1.29 is 17.6 Å². The smallest absolute Gasteiger partial charge is 0.287 e. The summed E-state index contributed by atoms with van der Waals surface area (Å²) in [5, 5.41) is 2.89. The first-order valence-electron chi connectivity index (χ1n) is 8.47. The Balaban J connectivity index is 1.53. The number of hydrogen-bond acceptors (Lipinski definition) is 4. The van der Waals surface area contributed by atoms with Crippen molar-refractivity contribution in [2.45, 2.75) is 24.7 Å². The summed E-state index contributed by atoms with van der Waals surface area (Å²) in [5.41, 5.74) is 0.776. The van der Waals surface area contributed by atoms with Crippen LogP contribution in [0.2, 0.25) is 0 Å². The Morgan fingerprint density at radius 1 is 1.27 bits per heavy atom. The van der Waals surface area contributed by atoms with Crippen molar-refractivity contribution in [2.24, 2.45) is 5.92 Å². The molecule has 0 bridgehead atoms. The van der Waals surface area contributed by atoms with Crippen LogP contribution in [0, 0.1) is 12.8 Å². The number of carbonyl (C=O) groups is 1. The zero-order valence-corrected chi connectivity index (χ0v) is 16.8. The average Bonchev–Trinajstić information content (AvgIpc) is 2.99. The number of benzene rings is 1. The highest BCUT2D eigenvalue weighted by atomic mass is 79.9. The third-order valence-corrected chi connectivity index (χ3v) is 6.90.